The third-order valence-electron chi connectivity index (χ3n) is 5.71. The van der Waals surface area contributed by atoms with Crippen LogP contribution in [0.5, 0.6) is 11.5 Å². The van der Waals surface area contributed by atoms with Crippen LogP contribution in [-0.2, 0) is 17.6 Å². The Morgan fingerprint density at radius 3 is 2.58 bits per heavy atom. The van der Waals surface area contributed by atoms with E-state index >= 15 is 0 Å². The Morgan fingerprint density at radius 2 is 1.87 bits per heavy atom. The third kappa shape index (κ3) is 4.92. The quantitative estimate of drug-likeness (QED) is 0.578. The molecule has 1 N–H and O–H groups in total. The summed E-state index contributed by atoms with van der Waals surface area (Å²) in [5, 5.41) is 5.17. The van der Waals surface area contributed by atoms with Crippen LogP contribution >= 0.6 is 11.3 Å². The van der Waals surface area contributed by atoms with Crippen molar-refractivity contribution in [2.45, 2.75) is 18.9 Å². The van der Waals surface area contributed by atoms with Crippen molar-refractivity contribution in [2.24, 2.45) is 0 Å². The number of carbonyl (C=O) groups is 1. The Labute approximate surface area is 187 Å². The number of ether oxygens (including phenoxy) is 2. The van der Waals surface area contributed by atoms with Gasteiger partial charge in [0.15, 0.2) is 11.5 Å². The van der Waals surface area contributed by atoms with Crippen molar-refractivity contribution in [3.63, 3.8) is 0 Å². The molecule has 5 nitrogen and oxygen atoms in total. The second-order valence-corrected chi connectivity index (χ2v) is 8.61. The van der Waals surface area contributed by atoms with E-state index in [-0.39, 0.29) is 11.9 Å². The van der Waals surface area contributed by atoms with Crippen molar-refractivity contribution in [3.8, 4) is 11.5 Å². The minimum atomic E-state index is 0.0310. The second kappa shape index (κ2) is 9.98. The lowest BCUT2D eigenvalue weighted by Crippen LogP contribution is -2.43. The molecule has 31 heavy (non-hydrogen) atoms. The number of hydrogen-bond donors (Lipinski definition) is 1. The molecule has 0 aliphatic carbocycles. The molecule has 2 aromatic carbocycles. The fourth-order valence-electron chi connectivity index (χ4n) is 4.18. The van der Waals surface area contributed by atoms with Crippen LogP contribution in [0.1, 0.15) is 27.6 Å². The summed E-state index contributed by atoms with van der Waals surface area (Å²) in [4.78, 5) is 16.2. The summed E-state index contributed by atoms with van der Waals surface area (Å²) in [6, 6.07) is 18.6. The van der Waals surface area contributed by atoms with E-state index in [1.165, 1.54) is 21.6 Å². The van der Waals surface area contributed by atoms with Crippen LogP contribution in [0.25, 0.3) is 0 Å². The molecular weight excluding hydrogens is 408 g/mol. The maximum atomic E-state index is 12.8. The minimum absolute atomic E-state index is 0.0310. The van der Waals surface area contributed by atoms with Crippen molar-refractivity contribution >= 4 is 17.2 Å². The average molecular weight is 437 g/mol. The first kappa shape index (κ1) is 21.4. The van der Waals surface area contributed by atoms with Gasteiger partial charge < -0.3 is 14.8 Å². The van der Waals surface area contributed by atoms with Gasteiger partial charge in [-0.05, 0) is 53.1 Å². The van der Waals surface area contributed by atoms with Crippen LogP contribution < -0.4 is 14.8 Å². The predicted octanol–water partition coefficient (Wildman–Crippen LogP) is 4.07. The SMILES string of the molecule is COc1cc2c(cc1OC)C(c1cccs1)N(CC(=O)NCCc1ccccc1)CC2. The van der Waals surface area contributed by atoms with E-state index in [0.717, 1.165) is 30.9 Å². The Bertz CT molecular complexity index is 1010. The van der Waals surface area contributed by atoms with Gasteiger partial charge in [-0.1, -0.05) is 36.4 Å². The van der Waals surface area contributed by atoms with Gasteiger partial charge in [-0.3, -0.25) is 9.69 Å². The third-order valence-corrected chi connectivity index (χ3v) is 6.64. The van der Waals surface area contributed by atoms with Crippen molar-refractivity contribution < 1.29 is 14.3 Å². The van der Waals surface area contributed by atoms with Gasteiger partial charge in [0, 0.05) is 18.0 Å². The average Bonchev–Trinajstić information content (AvgIpc) is 3.33. The lowest BCUT2D eigenvalue weighted by atomic mass is 9.91. The number of hydrogen-bond acceptors (Lipinski definition) is 5. The molecule has 0 saturated heterocycles. The Hall–Kier alpha value is -2.83. The lowest BCUT2D eigenvalue weighted by Gasteiger charge is -2.37. The van der Waals surface area contributed by atoms with Crippen molar-refractivity contribution in [1.82, 2.24) is 10.2 Å². The smallest absolute Gasteiger partial charge is 0.234 e. The Morgan fingerprint density at radius 1 is 1.10 bits per heavy atom. The van der Waals surface area contributed by atoms with Crippen LogP contribution in [0.15, 0.2) is 60.0 Å². The first-order valence-corrected chi connectivity index (χ1v) is 11.4. The highest BCUT2D eigenvalue weighted by molar-refractivity contribution is 7.10. The van der Waals surface area contributed by atoms with Gasteiger partial charge in [0.1, 0.15) is 0 Å². The molecule has 1 atom stereocenters. The predicted molar refractivity (Wildman–Crippen MR) is 124 cm³/mol. The number of methoxy groups -OCH3 is 2. The summed E-state index contributed by atoms with van der Waals surface area (Å²) < 4.78 is 11.1. The minimum Gasteiger partial charge on any atom is -0.493 e. The standard InChI is InChI=1S/C25H28N2O3S/c1-29-21-15-19-11-13-27(17-24(28)26-12-10-18-7-4-3-5-8-18)25(23-9-6-14-31-23)20(19)16-22(21)30-2/h3-9,14-16,25H,10-13,17H2,1-2H3,(H,26,28). The maximum Gasteiger partial charge on any atom is 0.234 e. The van der Waals surface area contributed by atoms with E-state index in [0.29, 0.717) is 13.1 Å². The molecule has 4 rings (SSSR count). The number of benzene rings is 2. The number of nitrogens with one attached hydrogen (secondary N) is 1. The summed E-state index contributed by atoms with van der Waals surface area (Å²) in [6.45, 7) is 1.82. The summed E-state index contributed by atoms with van der Waals surface area (Å²) in [5.41, 5.74) is 3.66. The molecule has 1 aliphatic rings. The molecule has 1 aliphatic heterocycles. The lowest BCUT2D eigenvalue weighted by molar-refractivity contribution is -0.122. The highest BCUT2D eigenvalue weighted by Gasteiger charge is 2.32. The summed E-state index contributed by atoms with van der Waals surface area (Å²) in [6.07, 6.45) is 1.70. The summed E-state index contributed by atoms with van der Waals surface area (Å²) in [5.74, 6) is 1.52. The molecule has 3 aromatic rings. The fraction of sp³-hybridized carbons (Fsp3) is 0.320. The number of fused-ring (bicyclic) bond motifs is 1. The molecule has 1 unspecified atom stereocenters. The van der Waals surface area contributed by atoms with Gasteiger partial charge in [-0.2, -0.15) is 0 Å². The van der Waals surface area contributed by atoms with Gasteiger partial charge in [0.05, 0.1) is 26.8 Å². The van der Waals surface area contributed by atoms with Crippen molar-refractivity contribution in [3.05, 3.63) is 81.5 Å². The number of nitrogens with zero attached hydrogens (tertiary/aromatic N) is 1. The molecule has 1 aromatic heterocycles. The van der Waals surface area contributed by atoms with Gasteiger partial charge in [-0.25, -0.2) is 0 Å². The number of rotatable bonds is 8. The first-order valence-electron chi connectivity index (χ1n) is 10.5. The Balaban J connectivity index is 1.50. The zero-order valence-electron chi connectivity index (χ0n) is 18.0. The van der Waals surface area contributed by atoms with E-state index < -0.39 is 0 Å². The van der Waals surface area contributed by atoms with Gasteiger partial charge in [0.2, 0.25) is 5.91 Å². The van der Waals surface area contributed by atoms with Crippen LogP contribution in [0.2, 0.25) is 0 Å². The molecular formula is C25H28N2O3S. The van der Waals surface area contributed by atoms with Crippen LogP contribution in [0, 0.1) is 0 Å². The molecule has 1 amide bonds. The molecule has 6 heteroatoms. The monoisotopic (exact) mass is 436 g/mol. The maximum absolute atomic E-state index is 12.8. The zero-order chi connectivity index (χ0) is 21.6. The number of carbonyl (C=O) groups excluding carboxylic acids is 1. The molecule has 0 fully saturated rings. The molecule has 2 heterocycles. The molecule has 0 radical (unpaired) electrons. The highest BCUT2D eigenvalue weighted by Crippen LogP contribution is 2.41. The Kier molecular flexibility index (Phi) is 6.89. The molecule has 0 bridgehead atoms. The fourth-order valence-corrected chi connectivity index (χ4v) is 5.06. The van der Waals surface area contributed by atoms with Crippen molar-refractivity contribution in [2.75, 3.05) is 33.9 Å². The van der Waals surface area contributed by atoms with Gasteiger partial charge in [-0.15, -0.1) is 11.3 Å². The number of thiophene rings is 1. The largest absolute Gasteiger partial charge is 0.493 e. The van der Waals surface area contributed by atoms with Gasteiger partial charge >= 0.3 is 0 Å². The first-order chi connectivity index (χ1) is 15.2. The summed E-state index contributed by atoms with van der Waals surface area (Å²) in [7, 11) is 3.32. The van der Waals surface area contributed by atoms with E-state index in [2.05, 4.69) is 52.0 Å². The molecule has 0 saturated carbocycles. The second-order valence-electron chi connectivity index (χ2n) is 7.63. The zero-order valence-corrected chi connectivity index (χ0v) is 18.8. The van der Waals surface area contributed by atoms with Crippen molar-refractivity contribution in [1.29, 1.82) is 0 Å². The van der Waals surface area contributed by atoms with Crippen LogP contribution in [0.4, 0.5) is 0 Å². The topological polar surface area (TPSA) is 50.8 Å². The van der Waals surface area contributed by atoms with Crippen LogP contribution in [-0.4, -0.2) is 44.7 Å². The van der Waals surface area contributed by atoms with E-state index in [9.17, 15) is 4.79 Å². The summed E-state index contributed by atoms with van der Waals surface area (Å²) >= 11 is 1.72. The molecule has 0 spiro atoms. The van der Waals surface area contributed by atoms with Gasteiger partial charge in [0.25, 0.3) is 0 Å². The van der Waals surface area contributed by atoms with E-state index in [1.807, 2.05) is 18.2 Å². The highest BCUT2D eigenvalue weighted by atomic mass is 32.1. The molecule has 162 valence electrons. The number of amides is 1. The van der Waals surface area contributed by atoms with E-state index in [1.54, 1.807) is 25.6 Å². The van der Waals surface area contributed by atoms with E-state index in [4.69, 9.17) is 9.47 Å². The van der Waals surface area contributed by atoms with Crippen LogP contribution in [0.3, 0.4) is 0 Å². The normalized spacial score (nSPS) is 15.9.